The smallest absolute Gasteiger partial charge is 0.271 e. The van der Waals surface area contributed by atoms with E-state index in [9.17, 15) is 4.79 Å². The van der Waals surface area contributed by atoms with E-state index < -0.39 is 0 Å². The van der Waals surface area contributed by atoms with Crippen LogP contribution in [0.25, 0.3) is 11.3 Å². The van der Waals surface area contributed by atoms with Crippen LogP contribution < -0.4 is 5.32 Å². The summed E-state index contributed by atoms with van der Waals surface area (Å²) in [6.07, 6.45) is 5.28. The van der Waals surface area contributed by atoms with Crippen molar-refractivity contribution in [3.8, 4) is 11.3 Å². The SMILES string of the molecule is Cc1nc(-c2ccc(CCNC(=O)c3cnccn3)cc2)cs1. The maximum Gasteiger partial charge on any atom is 0.271 e. The summed E-state index contributed by atoms with van der Waals surface area (Å²) in [5.74, 6) is -0.201. The van der Waals surface area contributed by atoms with Gasteiger partial charge in [0, 0.05) is 29.9 Å². The number of carbonyl (C=O) groups is 1. The molecule has 0 aliphatic heterocycles. The van der Waals surface area contributed by atoms with Crippen LogP contribution in [0.15, 0.2) is 48.2 Å². The van der Waals surface area contributed by atoms with Gasteiger partial charge < -0.3 is 5.32 Å². The van der Waals surface area contributed by atoms with Crippen molar-refractivity contribution in [3.63, 3.8) is 0 Å². The summed E-state index contributed by atoms with van der Waals surface area (Å²) >= 11 is 1.65. The number of thiazole rings is 1. The van der Waals surface area contributed by atoms with Gasteiger partial charge in [0.05, 0.1) is 16.9 Å². The lowest BCUT2D eigenvalue weighted by atomic mass is 10.1. The fourth-order valence-corrected chi connectivity index (χ4v) is 2.79. The molecule has 6 heteroatoms. The van der Waals surface area contributed by atoms with E-state index in [1.165, 1.54) is 18.0 Å². The Hall–Kier alpha value is -2.60. The van der Waals surface area contributed by atoms with Crippen LogP contribution in [0, 0.1) is 6.92 Å². The molecule has 0 saturated heterocycles. The molecule has 3 rings (SSSR count). The summed E-state index contributed by atoms with van der Waals surface area (Å²) in [4.78, 5) is 24.2. The van der Waals surface area contributed by atoms with Gasteiger partial charge in [-0.3, -0.25) is 9.78 Å². The molecule has 1 amide bonds. The maximum absolute atomic E-state index is 11.9. The van der Waals surface area contributed by atoms with Gasteiger partial charge in [-0.25, -0.2) is 9.97 Å². The van der Waals surface area contributed by atoms with Crippen LogP contribution in [0.4, 0.5) is 0 Å². The lowest BCUT2D eigenvalue weighted by Gasteiger charge is -2.05. The predicted molar refractivity (Wildman–Crippen MR) is 90.4 cm³/mol. The molecule has 0 bridgehead atoms. The number of nitrogens with one attached hydrogen (secondary N) is 1. The highest BCUT2D eigenvalue weighted by atomic mass is 32.1. The number of amides is 1. The van der Waals surface area contributed by atoms with Gasteiger partial charge in [0.2, 0.25) is 0 Å². The summed E-state index contributed by atoms with van der Waals surface area (Å²) in [6, 6.07) is 8.26. The van der Waals surface area contributed by atoms with Crippen LogP contribution in [0.2, 0.25) is 0 Å². The molecule has 0 aliphatic carbocycles. The zero-order valence-electron chi connectivity index (χ0n) is 12.7. The van der Waals surface area contributed by atoms with Crippen molar-refractivity contribution >= 4 is 17.2 Å². The highest BCUT2D eigenvalue weighted by Gasteiger charge is 2.06. The first-order valence-corrected chi connectivity index (χ1v) is 8.16. The fourth-order valence-electron chi connectivity index (χ4n) is 2.17. The number of hydrogen-bond acceptors (Lipinski definition) is 5. The maximum atomic E-state index is 11.9. The van der Waals surface area contributed by atoms with E-state index >= 15 is 0 Å². The molecular formula is C17H16N4OS. The topological polar surface area (TPSA) is 67.8 Å². The summed E-state index contributed by atoms with van der Waals surface area (Å²) in [7, 11) is 0. The minimum Gasteiger partial charge on any atom is -0.350 e. The number of hydrogen-bond donors (Lipinski definition) is 1. The molecule has 5 nitrogen and oxygen atoms in total. The third-order valence-electron chi connectivity index (χ3n) is 3.36. The average molecular weight is 324 g/mol. The summed E-state index contributed by atoms with van der Waals surface area (Å²) in [6.45, 7) is 2.56. The normalized spacial score (nSPS) is 10.5. The molecule has 0 aliphatic rings. The van der Waals surface area contributed by atoms with Gasteiger partial charge in [0.25, 0.3) is 5.91 Å². The minimum atomic E-state index is -0.201. The van der Waals surface area contributed by atoms with Gasteiger partial charge in [0.1, 0.15) is 5.69 Å². The van der Waals surface area contributed by atoms with Crippen LogP contribution in [0.1, 0.15) is 21.1 Å². The molecule has 0 saturated carbocycles. The van der Waals surface area contributed by atoms with Gasteiger partial charge in [-0.05, 0) is 18.9 Å². The second-order valence-corrected chi connectivity index (χ2v) is 6.11. The molecule has 1 N–H and O–H groups in total. The van der Waals surface area contributed by atoms with E-state index in [0.717, 1.165) is 22.7 Å². The molecule has 0 atom stereocenters. The monoisotopic (exact) mass is 324 g/mol. The minimum absolute atomic E-state index is 0.201. The lowest BCUT2D eigenvalue weighted by Crippen LogP contribution is -2.26. The largest absolute Gasteiger partial charge is 0.350 e. The first-order chi connectivity index (χ1) is 11.2. The molecule has 0 spiro atoms. The van der Waals surface area contributed by atoms with E-state index in [4.69, 9.17) is 0 Å². The Labute approximate surface area is 138 Å². The number of aryl methyl sites for hydroxylation is 1. The Balaban J connectivity index is 1.54. The first-order valence-electron chi connectivity index (χ1n) is 7.28. The van der Waals surface area contributed by atoms with Crippen LogP contribution in [0.3, 0.4) is 0 Å². The van der Waals surface area contributed by atoms with Gasteiger partial charge in [0.15, 0.2) is 0 Å². The zero-order chi connectivity index (χ0) is 16.1. The van der Waals surface area contributed by atoms with Crippen LogP contribution >= 0.6 is 11.3 Å². The number of nitrogens with zero attached hydrogens (tertiary/aromatic N) is 3. The molecule has 23 heavy (non-hydrogen) atoms. The molecule has 116 valence electrons. The second kappa shape index (κ2) is 7.11. The number of benzene rings is 1. The lowest BCUT2D eigenvalue weighted by molar-refractivity contribution is 0.0948. The Morgan fingerprint density at radius 2 is 2.04 bits per heavy atom. The van der Waals surface area contributed by atoms with Gasteiger partial charge in [-0.2, -0.15) is 0 Å². The number of rotatable bonds is 5. The molecule has 2 heterocycles. The molecular weight excluding hydrogens is 308 g/mol. The third-order valence-corrected chi connectivity index (χ3v) is 4.14. The van der Waals surface area contributed by atoms with Crippen LogP contribution in [-0.2, 0) is 6.42 Å². The van der Waals surface area contributed by atoms with Crippen molar-refractivity contribution in [1.29, 1.82) is 0 Å². The Bertz CT molecular complexity index is 784. The molecule has 1 aromatic carbocycles. The zero-order valence-corrected chi connectivity index (χ0v) is 13.5. The highest BCUT2D eigenvalue weighted by Crippen LogP contribution is 2.21. The Morgan fingerprint density at radius 1 is 1.22 bits per heavy atom. The summed E-state index contributed by atoms with van der Waals surface area (Å²) < 4.78 is 0. The molecule has 3 aromatic rings. The average Bonchev–Trinajstić information content (AvgIpc) is 3.03. The summed E-state index contributed by atoms with van der Waals surface area (Å²) in [5, 5.41) is 5.97. The van der Waals surface area contributed by atoms with Gasteiger partial charge in [-0.15, -0.1) is 11.3 Å². The van der Waals surface area contributed by atoms with Crippen molar-refractivity contribution in [1.82, 2.24) is 20.3 Å². The van der Waals surface area contributed by atoms with E-state index in [-0.39, 0.29) is 5.91 Å². The third kappa shape index (κ3) is 3.98. The Morgan fingerprint density at radius 3 is 2.70 bits per heavy atom. The quantitative estimate of drug-likeness (QED) is 0.783. The standard InChI is InChI=1S/C17H16N4OS/c1-12-21-16(11-23-12)14-4-2-13(3-5-14)6-7-20-17(22)15-10-18-8-9-19-15/h2-5,8-11H,6-7H2,1H3,(H,20,22). The van der Waals surface area contributed by atoms with E-state index in [1.807, 2.05) is 6.92 Å². The van der Waals surface area contributed by atoms with E-state index in [2.05, 4.69) is 49.9 Å². The number of carbonyl (C=O) groups excluding carboxylic acids is 1. The predicted octanol–water partition coefficient (Wildman–Crippen LogP) is 2.88. The number of aromatic nitrogens is 3. The first kappa shape index (κ1) is 15.3. The van der Waals surface area contributed by atoms with Crippen molar-refractivity contribution in [2.75, 3.05) is 6.54 Å². The van der Waals surface area contributed by atoms with E-state index in [1.54, 1.807) is 17.5 Å². The molecule has 2 aromatic heterocycles. The molecule has 0 fully saturated rings. The van der Waals surface area contributed by atoms with Crippen molar-refractivity contribution < 1.29 is 4.79 Å². The molecule has 0 unspecified atom stereocenters. The van der Waals surface area contributed by atoms with Gasteiger partial charge in [-0.1, -0.05) is 24.3 Å². The van der Waals surface area contributed by atoms with Gasteiger partial charge >= 0.3 is 0 Å². The van der Waals surface area contributed by atoms with Crippen LogP contribution in [-0.4, -0.2) is 27.4 Å². The molecule has 0 radical (unpaired) electrons. The second-order valence-electron chi connectivity index (χ2n) is 5.05. The van der Waals surface area contributed by atoms with Crippen molar-refractivity contribution in [2.24, 2.45) is 0 Å². The summed E-state index contributed by atoms with van der Waals surface area (Å²) in [5.41, 5.74) is 3.62. The van der Waals surface area contributed by atoms with E-state index in [0.29, 0.717) is 12.2 Å². The van der Waals surface area contributed by atoms with Crippen molar-refractivity contribution in [3.05, 3.63) is 64.5 Å². The Kier molecular flexibility index (Phi) is 4.73. The van der Waals surface area contributed by atoms with Crippen LogP contribution in [0.5, 0.6) is 0 Å². The fraction of sp³-hybridized carbons (Fsp3) is 0.176. The highest BCUT2D eigenvalue weighted by molar-refractivity contribution is 7.09. The van der Waals surface area contributed by atoms with Crippen molar-refractivity contribution in [2.45, 2.75) is 13.3 Å².